The lowest BCUT2D eigenvalue weighted by atomic mass is 10.2. The van der Waals surface area contributed by atoms with Gasteiger partial charge in [0.1, 0.15) is 10.2 Å². The van der Waals surface area contributed by atoms with E-state index in [9.17, 15) is 9.18 Å². The number of carbonyl (C=O) groups is 1. The molecule has 0 saturated carbocycles. The molecule has 25 heavy (non-hydrogen) atoms. The van der Waals surface area contributed by atoms with Crippen LogP contribution in [0.3, 0.4) is 0 Å². The molecule has 0 unspecified atom stereocenters. The van der Waals surface area contributed by atoms with Crippen LogP contribution >= 0.6 is 34.7 Å². The van der Waals surface area contributed by atoms with Crippen LogP contribution < -0.4 is 5.32 Å². The molecule has 128 valence electrons. The number of amides is 1. The molecule has 0 radical (unpaired) electrons. The Morgan fingerprint density at radius 1 is 1.16 bits per heavy atom. The van der Waals surface area contributed by atoms with Gasteiger partial charge in [0, 0.05) is 21.8 Å². The SMILES string of the molecule is O=C(Cc1csc(SCc2ccc(F)cc2)n1)Nc1ccc(Cl)cc1. The van der Waals surface area contributed by atoms with Crippen LogP contribution in [0.15, 0.2) is 58.3 Å². The van der Waals surface area contributed by atoms with Crippen LogP contribution in [0, 0.1) is 5.82 Å². The van der Waals surface area contributed by atoms with Crippen LogP contribution in [0.4, 0.5) is 10.1 Å². The Morgan fingerprint density at radius 2 is 1.88 bits per heavy atom. The summed E-state index contributed by atoms with van der Waals surface area (Å²) in [5.74, 6) is 0.351. The Hall–Kier alpha value is -1.89. The third kappa shape index (κ3) is 5.56. The number of halogens is 2. The smallest absolute Gasteiger partial charge is 0.230 e. The standard InChI is InChI=1S/C18H14ClFN2OS2/c19-13-3-7-15(8-4-13)21-17(23)9-16-11-25-18(22-16)24-10-12-1-5-14(20)6-2-12/h1-8,11H,9-10H2,(H,21,23). The number of carbonyl (C=O) groups excluding carboxylic acids is 1. The molecule has 0 bridgehead atoms. The van der Waals surface area contributed by atoms with Gasteiger partial charge in [0.25, 0.3) is 0 Å². The van der Waals surface area contributed by atoms with Gasteiger partial charge in [0.2, 0.25) is 5.91 Å². The van der Waals surface area contributed by atoms with E-state index in [1.807, 2.05) is 5.38 Å². The quantitative estimate of drug-likeness (QED) is 0.570. The normalized spacial score (nSPS) is 10.6. The Bertz CT molecular complexity index is 850. The molecule has 3 nitrogen and oxygen atoms in total. The van der Waals surface area contributed by atoms with Gasteiger partial charge in [-0.15, -0.1) is 11.3 Å². The monoisotopic (exact) mass is 392 g/mol. The van der Waals surface area contributed by atoms with Crippen LogP contribution in [0.25, 0.3) is 0 Å². The van der Waals surface area contributed by atoms with E-state index >= 15 is 0 Å². The molecule has 1 amide bonds. The van der Waals surface area contributed by atoms with Gasteiger partial charge in [-0.3, -0.25) is 4.79 Å². The predicted octanol–water partition coefficient (Wildman–Crippen LogP) is 5.41. The van der Waals surface area contributed by atoms with Crippen molar-refractivity contribution in [1.29, 1.82) is 0 Å². The summed E-state index contributed by atoms with van der Waals surface area (Å²) in [7, 11) is 0. The lowest BCUT2D eigenvalue weighted by Crippen LogP contribution is -2.14. The second-order valence-electron chi connectivity index (χ2n) is 5.25. The molecule has 3 rings (SSSR count). The molecule has 1 aromatic heterocycles. The zero-order valence-corrected chi connectivity index (χ0v) is 15.4. The molecule has 0 aliphatic carbocycles. The van der Waals surface area contributed by atoms with Crippen LogP contribution in [-0.2, 0) is 17.0 Å². The van der Waals surface area contributed by atoms with E-state index in [-0.39, 0.29) is 18.1 Å². The molecule has 0 atom stereocenters. The maximum absolute atomic E-state index is 12.9. The molecular weight excluding hydrogens is 379 g/mol. The number of anilines is 1. The number of hydrogen-bond acceptors (Lipinski definition) is 4. The zero-order valence-electron chi connectivity index (χ0n) is 13.0. The summed E-state index contributed by atoms with van der Waals surface area (Å²) in [5, 5.41) is 5.32. The van der Waals surface area contributed by atoms with Gasteiger partial charge in [-0.25, -0.2) is 9.37 Å². The van der Waals surface area contributed by atoms with Crippen molar-refractivity contribution >= 4 is 46.3 Å². The van der Waals surface area contributed by atoms with Crippen LogP contribution in [-0.4, -0.2) is 10.9 Å². The Balaban J connectivity index is 1.51. The van der Waals surface area contributed by atoms with E-state index in [2.05, 4.69) is 10.3 Å². The summed E-state index contributed by atoms with van der Waals surface area (Å²) >= 11 is 8.89. The van der Waals surface area contributed by atoms with Crippen molar-refractivity contribution in [3.05, 3.63) is 76.0 Å². The summed E-state index contributed by atoms with van der Waals surface area (Å²) in [5.41, 5.74) is 2.47. The van der Waals surface area contributed by atoms with Gasteiger partial charge in [-0.2, -0.15) is 0 Å². The van der Waals surface area contributed by atoms with Crippen molar-refractivity contribution in [2.45, 2.75) is 16.5 Å². The summed E-state index contributed by atoms with van der Waals surface area (Å²) in [4.78, 5) is 16.5. The van der Waals surface area contributed by atoms with Gasteiger partial charge < -0.3 is 5.32 Å². The number of rotatable bonds is 6. The third-order valence-corrected chi connectivity index (χ3v) is 5.67. The van der Waals surface area contributed by atoms with Gasteiger partial charge in [-0.05, 0) is 42.0 Å². The van der Waals surface area contributed by atoms with Crippen LogP contribution in [0.2, 0.25) is 5.02 Å². The Labute approximate surface area is 158 Å². The number of aromatic nitrogens is 1. The average molecular weight is 393 g/mol. The van der Waals surface area contributed by atoms with Crippen molar-refractivity contribution in [2.24, 2.45) is 0 Å². The molecule has 3 aromatic rings. The zero-order chi connectivity index (χ0) is 17.6. The number of thiazole rings is 1. The van der Waals surface area contributed by atoms with E-state index in [0.29, 0.717) is 16.5 Å². The van der Waals surface area contributed by atoms with Crippen molar-refractivity contribution in [2.75, 3.05) is 5.32 Å². The molecule has 0 aliphatic rings. The second-order valence-corrected chi connectivity index (χ2v) is 7.77. The largest absolute Gasteiger partial charge is 0.326 e. The van der Waals surface area contributed by atoms with E-state index < -0.39 is 0 Å². The summed E-state index contributed by atoms with van der Waals surface area (Å²) < 4.78 is 13.8. The predicted molar refractivity (Wildman–Crippen MR) is 102 cm³/mol. The first-order chi connectivity index (χ1) is 12.1. The molecule has 1 N–H and O–H groups in total. The Morgan fingerprint density at radius 3 is 2.60 bits per heavy atom. The molecule has 0 saturated heterocycles. The number of thioether (sulfide) groups is 1. The molecule has 7 heteroatoms. The topological polar surface area (TPSA) is 42.0 Å². The van der Waals surface area contributed by atoms with Gasteiger partial charge in [0.15, 0.2) is 0 Å². The average Bonchev–Trinajstić information content (AvgIpc) is 3.04. The van der Waals surface area contributed by atoms with Crippen molar-refractivity contribution < 1.29 is 9.18 Å². The minimum absolute atomic E-state index is 0.122. The highest BCUT2D eigenvalue weighted by Gasteiger charge is 2.09. The van der Waals surface area contributed by atoms with Gasteiger partial charge >= 0.3 is 0 Å². The van der Waals surface area contributed by atoms with Crippen molar-refractivity contribution in [3.63, 3.8) is 0 Å². The minimum atomic E-state index is -0.239. The first-order valence-electron chi connectivity index (χ1n) is 7.45. The van der Waals surface area contributed by atoms with Gasteiger partial charge in [0.05, 0.1) is 12.1 Å². The minimum Gasteiger partial charge on any atom is -0.326 e. The molecule has 0 aliphatic heterocycles. The number of nitrogens with one attached hydrogen (secondary N) is 1. The number of hydrogen-bond donors (Lipinski definition) is 1. The second kappa shape index (κ2) is 8.47. The highest BCUT2D eigenvalue weighted by molar-refractivity contribution is 8.00. The summed E-state index contributed by atoms with van der Waals surface area (Å²) in [6.07, 6.45) is 0.218. The van der Waals surface area contributed by atoms with Crippen molar-refractivity contribution in [1.82, 2.24) is 4.98 Å². The first kappa shape index (κ1) is 17.9. The lowest BCUT2D eigenvalue weighted by Gasteiger charge is -2.03. The van der Waals surface area contributed by atoms with Crippen LogP contribution in [0.1, 0.15) is 11.3 Å². The molecule has 2 aromatic carbocycles. The maximum Gasteiger partial charge on any atom is 0.230 e. The van der Waals surface area contributed by atoms with Gasteiger partial charge in [-0.1, -0.05) is 35.5 Å². The van der Waals surface area contributed by atoms with E-state index in [1.165, 1.54) is 23.5 Å². The highest BCUT2D eigenvalue weighted by Crippen LogP contribution is 2.26. The van der Waals surface area contributed by atoms with Crippen LogP contribution in [0.5, 0.6) is 0 Å². The van der Waals surface area contributed by atoms with Crippen molar-refractivity contribution in [3.8, 4) is 0 Å². The lowest BCUT2D eigenvalue weighted by molar-refractivity contribution is -0.115. The fraction of sp³-hybridized carbons (Fsp3) is 0.111. The fourth-order valence-corrected chi connectivity index (χ4v) is 3.99. The molecule has 0 spiro atoms. The summed E-state index contributed by atoms with van der Waals surface area (Å²) in [6.45, 7) is 0. The molecule has 0 fully saturated rings. The van der Waals surface area contributed by atoms with E-state index in [4.69, 9.17) is 11.6 Å². The highest BCUT2D eigenvalue weighted by atomic mass is 35.5. The molecule has 1 heterocycles. The third-order valence-electron chi connectivity index (χ3n) is 3.28. The maximum atomic E-state index is 12.9. The summed E-state index contributed by atoms with van der Waals surface area (Å²) in [6, 6.07) is 13.4. The van der Waals surface area contributed by atoms with E-state index in [1.54, 1.807) is 48.2 Å². The fourth-order valence-electron chi connectivity index (χ4n) is 2.06. The Kier molecular flexibility index (Phi) is 6.07. The first-order valence-corrected chi connectivity index (χ1v) is 9.70. The number of benzene rings is 2. The molecular formula is C18H14ClFN2OS2. The van der Waals surface area contributed by atoms with E-state index in [0.717, 1.165) is 15.6 Å². The number of nitrogens with zero attached hydrogens (tertiary/aromatic N) is 1.